The van der Waals surface area contributed by atoms with Crippen molar-refractivity contribution in [3.63, 3.8) is 0 Å². The molecule has 3 aromatic heterocycles. The Morgan fingerprint density at radius 1 is 1.17 bits per heavy atom. The van der Waals surface area contributed by atoms with Crippen LogP contribution in [0.3, 0.4) is 0 Å². The zero-order chi connectivity index (χ0) is 16.5. The zero-order valence-corrected chi connectivity index (χ0v) is 13.2. The number of amides is 1. The first kappa shape index (κ1) is 14.4. The van der Waals surface area contributed by atoms with Gasteiger partial charge in [0.05, 0.1) is 22.2 Å². The molecule has 0 bridgehead atoms. The summed E-state index contributed by atoms with van der Waals surface area (Å²) in [4.78, 5) is 25.0. The molecule has 4 aromatic rings. The van der Waals surface area contributed by atoms with Gasteiger partial charge in [-0.1, -0.05) is 17.2 Å². The van der Waals surface area contributed by atoms with Gasteiger partial charge >= 0.3 is 6.01 Å². The van der Waals surface area contributed by atoms with Gasteiger partial charge in [-0.25, -0.2) is 9.97 Å². The maximum absolute atomic E-state index is 12.3. The highest BCUT2D eigenvalue weighted by molar-refractivity contribution is 7.09. The van der Waals surface area contributed by atoms with E-state index < -0.39 is 5.91 Å². The summed E-state index contributed by atoms with van der Waals surface area (Å²) in [6, 6.07) is 7.28. The van der Waals surface area contributed by atoms with Crippen molar-refractivity contribution in [2.24, 2.45) is 0 Å². The molecule has 0 atom stereocenters. The smallest absolute Gasteiger partial charge is 0.322 e. The van der Waals surface area contributed by atoms with Crippen LogP contribution in [0.2, 0.25) is 0 Å². The number of benzene rings is 1. The van der Waals surface area contributed by atoms with Crippen LogP contribution in [0.4, 0.5) is 6.01 Å². The van der Waals surface area contributed by atoms with Gasteiger partial charge in [-0.05, 0) is 19.1 Å². The summed E-state index contributed by atoms with van der Waals surface area (Å²) in [5.74, 6) is -0.225. The number of hydrogen-bond donors (Lipinski definition) is 1. The number of anilines is 1. The predicted molar refractivity (Wildman–Crippen MR) is 87.6 cm³/mol. The molecule has 8 nitrogen and oxygen atoms in total. The number of thiazole rings is 1. The highest BCUT2D eigenvalue weighted by Gasteiger charge is 2.15. The van der Waals surface area contributed by atoms with Gasteiger partial charge in [-0.2, -0.15) is 0 Å². The van der Waals surface area contributed by atoms with Crippen LogP contribution in [0.25, 0.3) is 22.6 Å². The molecule has 1 N–H and O–H groups in total. The van der Waals surface area contributed by atoms with Crippen molar-refractivity contribution in [2.75, 3.05) is 5.32 Å². The van der Waals surface area contributed by atoms with Gasteiger partial charge in [0.1, 0.15) is 11.4 Å². The number of hydrogen-bond acceptors (Lipinski definition) is 8. The number of nitrogens with zero attached hydrogens (tertiary/aromatic N) is 5. The molecule has 0 aliphatic rings. The first-order valence-electron chi connectivity index (χ1n) is 6.98. The summed E-state index contributed by atoms with van der Waals surface area (Å²) < 4.78 is 5.40. The molecule has 0 unspecified atom stereocenters. The molecule has 9 heteroatoms. The molecule has 0 saturated heterocycles. The molecule has 0 aliphatic heterocycles. The molecule has 4 rings (SSSR count). The van der Waals surface area contributed by atoms with E-state index in [-0.39, 0.29) is 17.6 Å². The van der Waals surface area contributed by atoms with E-state index in [0.717, 1.165) is 5.01 Å². The Balaban J connectivity index is 1.56. The number of para-hydroxylation sites is 2. The number of carbonyl (C=O) groups is 1. The second-order valence-corrected chi connectivity index (χ2v) is 5.92. The Hall–Kier alpha value is -3.20. The summed E-state index contributed by atoms with van der Waals surface area (Å²) in [6.45, 7) is 1.88. The fourth-order valence-corrected chi connectivity index (χ4v) is 2.65. The van der Waals surface area contributed by atoms with Crippen LogP contribution < -0.4 is 5.32 Å². The largest absolute Gasteiger partial charge is 0.401 e. The van der Waals surface area contributed by atoms with Crippen LogP contribution >= 0.6 is 11.3 Å². The molecule has 1 amide bonds. The van der Waals surface area contributed by atoms with E-state index in [9.17, 15) is 4.79 Å². The van der Waals surface area contributed by atoms with Crippen molar-refractivity contribution in [1.82, 2.24) is 25.1 Å². The van der Waals surface area contributed by atoms with Gasteiger partial charge < -0.3 is 4.42 Å². The molecule has 0 aliphatic carbocycles. The minimum atomic E-state index is -0.474. The Morgan fingerprint density at radius 2 is 2.00 bits per heavy atom. The van der Waals surface area contributed by atoms with Crippen LogP contribution in [0.1, 0.15) is 15.5 Å². The molecule has 24 heavy (non-hydrogen) atoms. The molecule has 1 aromatic carbocycles. The van der Waals surface area contributed by atoms with Gasteiger partial charge in [0, 0.05) is 5.38 Å². The van der Waals surface area contributed by atoms with Crippen molar-refractivity contribution in [2.45, 2.75) is 6.92 Å². The van der Waals surface area contributed by atoms with Gasteiger partial charge in [0.2, 0.25) is 0 Å². The maximum Gasteiger partial charge on any atom is 0.322 e. The lowest BCUT2D eigenvalue weighted by Crippen LogP contribution is -2.14. The van der Waals surface area contributed by atoms with Crippen LogP contribution in [0.15, 0.2) is 40.3 Å². The number of fused-ring (bicyclic) bond motifs is 1. The Labute approximate surface area is 139 Å². The van der Waals surface area contributed by atoms with E-state index in [0.29, 0.717) is 16.7 Å². The Morgan fingerprint density at radius 3 is 2.79 bits per heavy atom. The quantitative estimate of drug-likeness (QED) is 0.612. The maximum atomic E-state index is 12.3. The molecule has 0 saturated carbocycles. The van der Waals surface area contributed by atoms with Crippen LogP contribution in [0.5, 0.6) is 0 Å². The lowest BCUT2D eigenvalue weighted by atomic mass is 10.3. The lowest BCUT2D eigenvalue weighted by Gasteiger charge is -2.01. The van der Waals surface area contributed by atoms with Crippen molar-refractivity contribution >= 4 is 34.3 Å². The van der Waals surface area contributed by atoms with Gasteiger partial charge in [-0.3, -0.25) is 15.1 Å². The number of carbonyl (C=O) groups excluding carboxylic acids is 1. The fourth-order valence-electron chi connectivity index (χ4n) is 2.07. The monoisotopic (exact) mass is 338 g/mol. The second kappa shape index (κ2) is 5.78. The minimum absolute atomic E-state index is 0.0180. The summed E-state index contributed by atoms with van der Waals surface area (Å²) in [5, 5.41) is 12.9. The van der Waals surface area contributed by atoms with E-state index in [2.05, 4.69) is 30.5 Å². The molecule has 0 radical (unpaired) electrons. The van der Waals surface area contributed by atoms with E-state index in [1.165, 1.54) is 17.5 Å². The van der Waals surface area contributed by atoms with E-state index in [1.54, 1.807) is 6.07 Å². The van der Waals surface area contributed by atoms with E-state index in [4.69, 9.17) is 4.42 Å². The molecule has 0 fully saturated rings. The Kier molecular flexibility index (Phi) is 3.47. The number of aryl methyl sites for hydroxylation is 1. The molecule has 0 spiro atoms. The van der Waals surface area contributed by atoms with Crippen LogP contribution in [0, 0.1) is 6.92 Å². The van der Waals surface area contributed by atoms with E-state index in [1.807, 2.05) is 30.5 Å². The first-order valence-corrected chi connectivity index (χ1v) is 7.86. The second-order valence-electron chi connectivity index (χ2n) is 4.86. The molecule has 118 valence electrons. The number of aromatic nitrogens is 5. The summed E-state index contributed by atoms with van der Waals surface area (Å²) in [5.41, 5.74) is 2.09. The Bertz CT molecular complexity index is 1040. The highest BCUT2D eigenvalue weighted by Crippen LogP contribution is 2.21. The topological polar surface area (TPSA) is 107 Å². The number of rotatable bonds is 3. The summed E-state index contributed by atoms with van der Waals surface area (Å²) in [6.07, 6.45) is 1.40. The summed E-state index contributed by atoms with van der Waals surface area (Å²) >= 11 is 1.48. The third-order valence-electron chi connectivity index (χ3n) is 3.16. The normalized spacial score (nSPS) is 10.9. The third kappa shape index (κ3) is 2.72. The highest BCUT2D eigenvalue weighted by atomic mass is 32.1. The fraction of sp³-hybridized carbons (Fsp3) is 0.0667. The molecule has 3 heterocycles. The molecular formula is C15H10N6O2S. The van der Waals surface area contributed by atoms with Gasteiger partial charge in [-0.15, -0.1) is 16.4 Å². The number of nitrogens with one attached hydrogen (secondary N) is 1. The third-order valence-corrected chi connectivity index (χ3v) is 3.94. The standard InChI is InChI=1S/C15H10N6O2S/c1-8-17-12(7-24-8)14-20-21-15(23-14)19-13(22)11-6-16-9-4-2-3-5-10(9)18-11/h2-7H,1H3,(H,19,21,22). The molecular weight excluding hydrogens is 328 g/mol. The van der Waals surface area contributed by atoms with Gasteiger partial charge in [0.15, 0.2) is 0 Å². The van der Waals surface area contributed by atoms with Crippen molar-refractivity contribution < 1.29 is 9.21 Å². The van der Waals surface area contributed by atoms with Crippen LogP contribution in [-0.4, -0.2) is 31.1 Å². The zero-order valence-electron chi connectivity index (χ0n) is 12.4. The van der Waals surface area contributed by atoms with Crippen molar-refractivity contribution in [3.8, 4) is 11.6 Å². The lowest BCUT2D eigenvalue weighted by molar-refractivity contribution is 0.101. The average Bonchev–Trinajstić information content (AvgIpc) is 3.23. The van der Waals surface area contributed by atoms with Crippen molar-refractivity contribution in [3.05, 3.63) is 46.5 Å². The van der Waals surface area contributed by atoms with Gasteiger partial charge in [0.25, 0.3) is 11.8 Å². The first-order chi connectivity index (χ1) is 11.7. The predicted octanol–water partition coefficient (Wildman–Crippen LogP) is 2.70. The summed E-state index contributed by atoms with van der Waals surface area (Å²) in [7, 11) is 0. The van der Waals surface area contributed by atoms with Crippen molar-refractivity contribution in [1.29, 1.82) is 0 Å². The minimum Gasteiger partial charge on any atom is -0.401 e. The van der Waals surface area contributed by atoms with Crippen LogP contribution in [-0.2, 0) is 0 Å². The average molecular weight is 338 g/mol. The van der Waals surface area contributed by atoms with E-state index >= 15 is 0 Å². The SMILES string of the molecule is Cc1nc(-c2nnc(NC(=O)c3cnc4ccccc4n3)o2)cs1.